The first-order chi connectivity index (χ1) is 18.2. The molecule has 2 aromatic rings. The van der Waals surface area contributed by atoms with Crippen LogP contribution in [0, 0.1) is 0 Å². The maximum atomic E-state index is 12.2. The Morgan fingerprint density at radius 1 is 1.18 bits per heavy atom. The van der Waals surface area contributed by atoms with Crippen molar-refractivity contribution in [3.05, 3.63) is 12.7 Å². The van der Waals surface area contributed by atoms with Crippen LogP contribution in [0.25, 0.3) is 11.2 Å². The van der Waals surface area contributed by atoms with Crippen LogP contribution in [-0.4, -0.2) is 112 Å². The average Bonchev–Trinajstić information content (AvgIpc) is 3.40. The topological polar surface area (TPSA) is 305 Å². The Morgan fingerprint density at radius 2 is 1.85 bits per heavy atom. The largest absolute Gasteiger partial charge is 0.481 e. The lowest BCUT2D eigenvalue weighted by atomic mass is 10.1. The normalized spacial score (nSPS) is 26.8. The summed E-state index contributed by atoms with van der Waals surface area (Å²) in [7, 11) is -10.8. The van der Waals surface area contributed by atoms with E-state index in [0.29, 0.717) is 0 Å². The van der Waals surface area contributed by atoms with Gasteiger partial charge in [-0.3, -0.25) is 23.2 Å². The van der Waals surface area contributed by atoms with E-state index in [1.54, 1.807) is 0 Å². The molecule has 3 heterocycles. The Kier molecular flexibility index (Phi) is 9.87. The van der Waals surface area contributed by atoms with E-state index in [0.717, 1.165) is 13.3 Å². The number of hydrogen-bond donors (Lipinski definition) is 7. The molecule has 1 aliphatic heterocycles. The van der Waals surface area contributed by atoms with Crippen LogP contribution in [0.3, 0.4) is 0 Å². The molecule has 0 aromatic carbocycles. The lowest BCUT2D eigenvalue weighted by Gasteiger charge is -2.23. The number of anilines is 1. The Labute approximate surface area is 218 Å². The summed E-state index contributed by atoms with van der Waals surface area (Å²) in [5, 5.41) is 40.3. The number of fused-ring (bicyclic) bond motifs is 1. The molecule has 1 fully saturated rings. The number of ether oxygens (including phenoxy) is 2. The van der Waals surface area contributed by atoms with Crippen LogP contribution in [0.2, 0.25) is 0 Å². The van der Waals surface area contributed by atoms with Crippen molar-refractivity contribution in [1.82, 2.24) is 19.5 Å². The van der Waals surface area contributed by atoms with Crippen LogP contribution < -0.4 is 5.73 Å². The van der Waals surface area contributed by atoms with Crippen LogP contribution >= 0.6 is 15.6 Å². The lowest BCUT2D eigenvalue weighted by molar-refractivity contribution is -0.161. The maximum absolute atomic E-state index is 12.2. The van der Waals surface area contributed by atoms with Gasteiger partial charge in [0.2, 0.25) is 0 Å². The summed E-state index contributed by atoms with van der Waals surface area (Å²) in [6, 6.07) is 0. The van der Waals surface area contributed by atoms with Crippen molar-refractivity contribution in [3.8, 4) is 0 Å². The van der Waals surface area contributed by atoms with E-state index in [-0.39, 0.29) is 23.3 Å². The van der Waals surface area contributed by atoms with Gasteiger partial charge in [-0.25, -0.2) is 24.1 Å². The number of carbonyl (C=O) groups is 2. The van der Waals surface area contributed by atoms with Crippen LogP contribution in [0.5, 0.6) is 0 Å². The number of aldehydes is 1. The molecule has 9 atom stereocenters. The van der Waals surface area contributed by atoms with Crippen molar-refractivity contribution in [3.63, 3.8) is 0 Å². The van der Waals surface area contributed by atoms with Crippen molar-refractivity contribution in [1.29, 1.82) is 0 Å². The zero-order valence-corrected chi connectivity index (χ0v) is 21.6. The van der Waals surface area contributed by atoms with Gasteiger partial charge in [-0.15, -0.1) is 0 Å². The summed E-state index contributed by atoms with van der Waals surface area (Å²) in [4.78, 5) is 53.1. The Morgan fingerprint density at radius 3 is 2.49 bits per heavy atom. The first-order valence-corrected chi connectivity index (χ1v) is 13.7. The number of rotatable bonds is 13. The molecule has 218 valence electrons. The summed E-state index contributed by atoms with van der Waals surface area (Å²) in [5.41, 5.74) is 6.04. The Bertz CT molecular complexity index is 1280. The third-order valence-electron chi connectivity index (χ3n) is 5.18. The summed E-state index contributed by atoms with van der Waals surface area (Å²) in [6.07, 6.45) is -9.72. The molecule has 0 spiro atoms. The van der Waals surface area contributed by atoms with Gasteiger partial charge < -0.3 is 45.4 Å². The zero-order chi connectivity index (χ0) is 29.1. The summed E-state index contributed by atoms with van der Waals surface area (Å²) in [5.74, 6) is -0.934. The fraction of sp³-hybridized carbons (Fsp3) is 0.588. The predicted octanol–water partition coefficient (Wildman–Crippen LogP) is -2.87. The number of hydrogen-bond acceptors (Lipinski definition) is 17. The number of nitrogens with zero attached hydrogens (tertiary/aromatic N) is 4. The van der Waals surface area contributed by atoms with E-state index < -0.39 is 77.7 Å². The summed E-state index contributed by atoms with van der Waals surface area (Å²) >= 11 is 0. The number of aromatic nitrogens is 4. The Hall–Kier alpha value is -2.45. The molecule has 0 bridgehead atoms. The number of phosphoric acid groups is 2. The van der Waals surface area contributed by atoms with Gasteiger partial charge in [-0.2, -0.15) is 4.31 Å². The van der Waals surface area contributed by atoms with Gasteiger partial charge in [-0.05, 0) is 0 Å². The number of aliphatic hydroxyl groups is 4. The molecule has 0 aliphatic carbocycles. The van der Waals surface area contributed by atoms with Crippen molar-refractivity contribution in [2.75, 3.05) is 18.9 Å². The van der Waals surface area contributed by atoms with Crippen LogP contribution in [0.4, 0.5) is 5.82 Å². The van der Waals surface area contributed by atoms with E-state index >= 15 is 0 Å². The minimum Gasteiger partial charge on any atom is -0.452 e. The van der Waals surface area contributed by atoms with Gasteiger partial charge in [0.25, 0.3) is 0 Å². The highest BCUT2D eigenvalue weighted by Gasteiger charge is 2.46. The summed E-state index contributed by atoms with van der Waals surface area (Å²) < 4.78 is 48.4. The molecule has 0 amide bonds. The van der Waals surface area contributed by atoms with Crippen molar-refractivity contribution < 1.29 is 71.8 Å². The number of nitrogens with two attached hydrogens (primary N) is 1. The first-order valence-electron chi connectivity index (χ1n) is 10.7. The molecule has 1 saturated heterocycles. The number of imidazole rings is 1. The van der Waals surface area contributed by atoms with Gasteiger partial charge in [-0.1, -0.05) is 0 Å². The molecular formula is C17H25N5O15P2. The molecule has 39 heavy (non-hydrogen) atoms. The molecule has 0 radical (unpaired) electrons. The number of carbonyl (C=O) groups excluding carboxylic acids is 2. The summed E-state index contributed by atoms with van der Waals surface area (Å²) in [6.45, 7) is -1.23. The fourth-order valence-electron chi connectivity index (χ4n) is 3.36. The van der Waals surface area contributed by atoms with Gasteiger partial charge >= 0.3 is 21.6 Å². The third-order valence-corrected chi connectivity index (χ3v) is 7.78. The number of nitrogen functional groups attached to an aromatic ring is 1. The Balaban J connectivity index is 1.56. The van der Waals surface area contributed by atoms with Gasteiger partial charge in [0.15, 0.2) is 30.1 Å². The highest BCUT2D eigenvalue weighted by Crippen LogP contribution is 2.60. The second kappa shape index (κ2) is 12.4. The van der Waals surface area contributed by atoms with Gasteiger partial charge in [0.05, 0.1) is 19.5 Å². The fourth-order valence-corrected chi connectivity index (χ4v) is 5.45. The number of phosphoric ester groups is 2. The van der Waals surface area contributed by atoms with Crippen molar-refractivity contribution >= 4 is 44.9 Å². The number of aliphatic hydroxyl groups excluding tert-OH is 4. The lowest BCUT2D eigenvalue weighted by Crippen LogP contribution is -2.43. The minimum absolute atomic E-state index is 0.0143. The molecule has 0 saturated carbocycles. The maximum Gasteiger partial charge on any atom is 0.481 e. The van der Waals surface area contributed by atoms with E-state index in [2.05, 4.69) is 33.0 Å². The number of esters is 1. The van der Waals surface area contributed by atoms with Crippen molar-refractivity contribution in [2.45, 2.75) is 49.8 Å². The quantitative estimate of drug-likeness (QED) is 0.0689. The molecule has 1 aliphatic rings. The third kappa shape index (κ3) is 7.60. The highest BCUT2D eigenvalue weighted by molar-refractivity contribution is 7.61. The second-order valence-electron chi connectivity index (χ2n) is 8.01. The molecule has 20 nitrogen and oxygen atoms in total. The molecule has 3 rings (SSSR count). The van der Waals surface area contributed by atoms with E-state index in [9.17, 15) is 48.9 Å². The zero-order valence-electron chi connectivity index (χ0n) is 19.8. The van der Waals surface area contributed by atoms with Crippen LogP contribution in [0.15, 0.2) is 12.7 Å². The van der Waals surface area contributed by atoms with E-state index in [1.165, 1.54) is 10.9 Å². The SMILES string of the molecule is CC(=O)O[C@@H](C=O)[C@H](O)[C@H](O)COP(=O)(O)OP(=O)(O)OC[C@H]1O[C@@H](n2cnc3c(N)ncnc32)[C@H](O)[C@@H]1O. The standard InChI is InChI=1S/C17H25N5O15P2/c1-7(24)35-9(2-23)12(26)8(25)3-33-38(29,30)37-39(31,32)34-4-10-13(27)14(28)17(36-10)22-6-21-11-15(18)19-5-20-16(11)22/h2,5-6,8-10,12-14,17,25-28H,3-4H2,1H3,(H,29,30)(H,31,32)(H2,18,19,20)/t8-,9+,10-,12-,13-,14-,17-/m1/s1. The predicted molar refractivity (Wildman–Crippen MR) is 122 cm³/mol. The van der Waals surface area contributed by atoms with Gasteiger partial charge in [0.1, 0.15) is 42.4 Å². The molecule has 2 unspecified atom stereocenters. The molecule has 2 aromatic heterocycles. The van der Waals surface area contributed by atoms with E-state index in [4.69, 9.17) is 10.5 Å². The average molecular weight is 601 g/mol. The molecule has 22 heteroatoms. The van der Waals surface area contributed by atoms with E-state index in [1.807, 2.05) is 0 Å². The van der Waals surface area contributed by atoms with Crippen molar-refractivity contribution in [2.24, 2.45) is 0 Å². The molecule has 8 N–H and O–H groups in total. The first kappa shape index (κ1) is 31.1. The van der Waals surface area contributed by atoms with Crippen LogP contribution in [0.1, 0.15) is 13.2 Å². The molecular weight excluding hydrogens is 576 g/mol. The van der Waals surface area contributed by atoms with Crippen LogP contribution in [-0.2, 0) is 41.6 Å². The smallest absolute Gasteiger partial charge is 0.452 e. The second-order valence-corrected chi connectivity index (χ2v) is 11.1. The highest BCUT2D eigenvalue weighted by atomic mass is 31.3. The van der Waals surface area contributed by atoms with Gasteiger partial charge in [0, 0.05) is 6.92 Å². The monoisotopic (exact) mass is 601 g/mol. The minimum atomic E-state index is -5.44.